The summed E-state index contributed by atoms with van der Waals surface area (Å²) in [6.07, 6.45) is 0. The summed E-state index contributed by atoms with van der Waals surface area (Å²) in [4.78, 5) is 49.9. The molecule has 0 unspecified atom stereocenters. The summed E-state index contributed by atoms with van der Waals surface area (Å²) in [5.41, 5.74) is 1.02. The Hall–Kier alpha value is -3.92. The number of thiophene rings is 1. The van der Waals surface area contributed by atoms with E-state index in [-0.39, 0.29) is 27.8 Å². The van der Waals surface area contributed by atoms with E-state index >= 15 is 0 Å². The molecule has 2 N–H and O–H groups in total. The van der Waals surface area contributed by atoms with Crippen LogP contribution >= 0.6 is 11.3 Å². The van der Waals surface area contributed by atoms with Gasteiger partial charge in [-0.05, 0) is 50.6 Å². The molecule has 3 rings (SSSR count). The van der Waals surface area contributed by atoms with Crippen molar-refractivity contribution in [3.63, 3.8) is 0 Å². The van der Waals surface area contributed by atoms with Crippen LogP contribution in [0.3, 0.4) is 0 Å². The smallest absolute Gasteiger partial charge is 0.374 e. The molecule has 0 spiro atoms. The van der Waals surface area contributed by atoms with E-state index in [1.54, 1.807) is 51.1 Å². The van der Waals surface area contributed by atoms with Gasteiger partial charge in [0.15, 0.2) is 6.61 Å². The first kappa shape index (κ1) is 23.7. The number of ether oxygens (including phenoxy) is 2. The standard InChI is InChI=1S/C23H22N2O7S/c1-4-30-23(29)18-14(3)19(20(27)24-15-8-6-5-7-9-15)33-21(18)25-17(26)12-31-22(28)16-11-10-13(2)32-16/h5-11H,4,12H2,1-3H3,(H,24,27)(H,25,26). The number of hydrogen-bond donors (Lipinski definition) is 2. The molecule has 3 aromatic rings. The summed E-state index contributed by atoms with van der Waals surface area (Å²) in [7, 11) is 0. The molecule has 33 heavy (non-hydrogen) atoms. The van der Waals surface area contributed by atoms with Crippen LogP contribution in [0.2, 0.25) is 0 Å². The van der Waals surface area contributed by atoms with E-state index in [4.69, 9.17) is 13.9 Å². The normalized spacial score (nSPS) is 10.4. The fourth-order valence-electron chi connectivity index (χ4n) is 2.89. The summed E-state index contributed by atoms with van der Waals surface area (Å²) in [6, 6.07) is 11.9. The van der Waals surface area contributed by atoms with E-state index in [9.17, 15) is 19.2 Å². The van der Waals surface area contributed by atoms with E-state index < -0.39 is 30.4 Å². The lowest BCUT2D eigenvalue weighted by atomic mass is 10.1. The maximum absolute atomic E-state index is 12.8. The van der Waals surface area contributed by atoms with Crippen LogP contribution in [-0.2, 0) is 14.3 Å². The molecule has 1 aromatic carbocycles. The summed E-state index contributed by atoms with van der Waals surface area (Å²) in [5, 5.41) is 5.41. The van der Waals surface area contributed by atoms with Crippen LogP contribution in [0.1, 0.15) is 48.8 Å². The minimum absolute atomic E-state index is 0.0284. The molecule has 0 aliphatic carbocycles. The molecule has 2 aromatic heterocycles. The Bertz CT molecular complexity index is 1180. The van der Waals surface area contributed by atoms with Crippen LogP contribution in [0.5, 0.6) is 0 Å². The lowest BCUT2D eigenvalue weighted by molar-refractivity contribution is -0.119. The molecule has 0 aliphatic rings. The number of nitrogens with one attached hydrogen (secondary N) is 2. The highest BCUT2D eigenvalue weighted by atomic mass is 32.1. The van der Waals surface area contributed by atoms with Gasteiger partial charge in [-0.1, -0.05) is 18.2 Å². The van der Waals surface area contributed by atoms with E-state index in [2.05, 4.69) is 10.6 Å². The van der Waals surface area contributed by atoms with E-state index in [0.717, 1.165) is 11.3 Å². The van der Waals surface area contributed by atoms with Crippen molar-refractivity contribution >= 4 is 45.8 Å². The number of carbonyl (C=O) groups is 4. The summed E-state index contributed by atoms with van der Waals surface area (Å²) >= 11 is 0.926. The number of carbonyl (C=O) groups excluding carboxylic acids is 4. The highest BCUT2D eigenvalue weighted by molar-refractivity contribution is 7.19. The predicted molar refractivity (Wildman–Crippen MR) is 122 cm³/mol. The minimum Gasteiger partial charge on any atom is -0.462 e. The Morgan fingerprint density at radius 1 is 0.939 bits per heavy atom. The zero-order chi connectivity index (χ0) is 24.0. The number of benzene rings is 1. The fraction of sp³-hybridized carbons (Fsp3) is 0.217. The molecular weight excluding hydrogens is 448 g/mol. The Balaban J connectivity index is 1.77. The highest BCUT2D eigenvalue weighted by Gasteiger charge is 2.27. The van der Waals surface area contributed by atoms with Crippen LogP contribution < -0.4 is 10.6 Å². The molecule has 0 radical (unpaired) electrons. The lowest BCUT2D eigenvalue weighted by Crippen LogP contribution is -2.21. The van der Waals surface area contributed by atoms with Crippen LogP contribution in [0, 0.1) is 13.8 Å². The van der Waals surface area contributed by atoms with Gasteiger partial charge >= 0.3 is 11.9 Å². The predicted octanol–water partition coefficient (Wildman–Crippen LogP) is 4.18. The summed E-state index contributed by atoms with van der Waals surface area (Å²) in [6.45, 7) is 4.43. The van der Waals surface area contributed by atoms with Crippen LogP contribution in [0.4, 0.5) is 10.7 Å². The molecule has 172 valence electrons. The van der Waals surface area contributed by atoms with Gasteiger partial charge in [-0.2, -0.15) is 0 Å². The molecule has 0 saturated heterocycles. The Kier molecular flexibility index (Phi) is 7.62. The maximum atomic E-state index is 12.8. The van der Waals surface area contributed by atoms with Crippen LogP contribution in [0.25, 0.3) is 0 Å². The summed E-state index contributed by atoms with van der Waals surface area (Å²) < 4.78 is 15.2. The lowest BCUT2D eigenvalue weighted by Gasteiger charge is -2.07. The van der Waals surface area contributed by atoms with Crippen LogP contribution in [0.15, 0.2) is 46.9 Å². The Morgan fingerprint density at radius 3 is 2.30 bits per heavy atom. The van der Waals surface area contributed by atoms with Gasteiger partial charge < -0.3 is 24.5 Å². The maximum Gasteiger partial charge on any atom is 0.374 e. The highest BCUT2D eigenvalue weighted by Crippen LogP contribution is 2.34. The molecule has 0 fully saturated rings. The third-order valence-electron chi connectivity index (χ3n) is 4.39. The number of amides is 2. The zero-order valence-electron chi connectivity index (χ0n) is 18.2. The molecule has 0 atom stereocenters. The average molecular weight is 471 g/mol. The third-order valence-corrected chi connectivity index (χ3v) is 5.60. The van der Waals surface area contributed by atoms with Gasteiger partial charge in [0.05, 0.1) is 17.0 Å². The van der Waals surface area contributed by atoms with Gasteiger partial charge in [0.1, 0.15) is 10.8 Å². The molecule has 2 heterocycles. The molecular formula is C23H22N2O7S. The number of esters is 2. The van der Waals surface area contributed by atoms with Crippen LogP contribution in [-0.4, -0.2) is 37.0 Å². The van der Waals surface area contributed by atoms with Crippen molar-refractivity contribution in [2.24, 2.45) is 0 Å². The largest absolute Gasteiger partial charge is 0.462 e. The SMILES string of the molecule is CCOC(=O)c1c(NC(=O)COC(=O)c2ccc(C)o2)sc(C(=O)Nc2ccccc2)c1C. The molecule has 0 bridgehead atoms. The van der Waals surface area contributed by atoms with Crippen molar-refractivity contribution in [1.29, 1.82) is 0 Å². The van der Waals surface area contributed by atoms with Gasteiger partial charge in [0, 0.05) is 5.69 Å². The first-order valence-corrected chi connectivity index (χ1v) is 10.8. The molecule has 0 aliphatic heterocycles. The second-order valence-corrected chi connectivity index (χ2v) is 7.86. The van der Waals surface area contributed by atoms with Crippen molar-refractivity contribution in [2.75, 3.05) is 23.8 Å². The number of anilines is 2. The van der Waals surface area contributed by atoms with Gasteiger partial charge in [0.2, 0.25) is 5.76 Å². The van der Waals surface area contributed by atoms with Gasteiger partial charge in [-0.3, -0.25) is 9.59 Å². The first-order chi connectivity index (χ1) is 15.8. The van der Waals surface area contributed by atoms with Crippen molar-refractivity contribution in [3.8, 4) is 0 Å². The number of aryl methyl sites for hydroxylation is 1. The second-order valence-electron chi connectivity index (χ2n) is 6.84. The van der Waals surface area contributed by atoms with Crippen molar-refractivity contribution in [3.05, 3.63) is 70.0 Å². The number of para-hydroxylation sites is 1. The average Bonchev–Trinajstić information content (AvgIpc) is 3.36. The summed E-state index contributed by atoms with van der Waals surface area (Å²) in [5.74, 6) is -2.10. The van der Waals surface area contributed by atoms with Gasteiger partial charge in [-0.25, -0.2) is 9.59 Å². The second kappa shape index (κ2) is 10.6. The first-order valence-electron chi connectivity index (χ1n) is 10.0. The van der Waals surface area contributed by atoms with Gasteiger partial charge in [0.25, 0.3) is 11.8 Å². The molecule has 0 saturated carbocycles. The number of rotatable bonds is 8. The monoisotopic (exact) mass is 470 g/mol. The molecule has 9 nitrogen and oxygen atoms in total. The quantitative estimate of drug-likeness (QED) is 0.473. The fourth-order valence-corrected chi connectivity index (χ4v) is 3.99. The zero-order valence-corrected chi connectivity index (χ0v) is 19.0. The topological polar surface area (TPSA) is 124 Å². The van der Waals surface area contributed by atoms with Crippen molar-refractivity contribution in [2.45, 2.75) is 20.8 Å². The van der Waals surface area contributed by atoms with E-state index in [1.807, 2.05) is 6.07 Å². The van der Waals surface area contributed by atoms with E-state index in [0.29, 0.717) is 17.0 Å². The number of hydrogen-bond acceptors (Lipinski definition) is 8. The number of furan rings is 1. The van der Waals surface area contributed by atoms with Gasteiger partial charge in [-0.15, -0.1) is 11.3 Å². The Morgan fingerprint density at radius 2 is 1.67 bits per heavy atom. The minimum atomic E-state index is -0.797. The molecule has 10 heteroatoms. The van der Waals surface area contributed by atoms with Crippen molar-refractivity contribution < 1.29 is 33.1 Å². The van der Waals surface area contributed by atoms with E-state index in [1.165, 1.54) is 6.07 Å². The third kappa shape index (κ3) is 5.86. The Labute approximate surface area is 193 Å². The van der Waals surface area contributed by atoms with Crippen molar-refractivity contribution in [1.82, 2.24) is 0 Å². The molecule has 2 amide bonds.